The quantitative estimate of drug-likeness (QED) is 0.705. The summed E-state index contributed by atoms with van der Waals surface area (Å²) in [4.78, 5) is 0. The van der Waals surface area contributed by atoms with Crippen molar-refractivity contribution in [3.63, 3.8) is 0 Å². The van der Waals surface area contributed by atoms with E-state index in [4.69, 9.17) is 11.6 Å². The monoisotopic (exact) mass is 308 g/mol. The molecule has 1 aromatic rings. The van der Waals surface area contributed by atoms with Crippen LogP contribution in [0.2, 0.25) is 5.02 Å². The topological polar surface area (TPSA) is 0 Å². The Morgan fingerprint density at radius 2 is 2.17 bits per heavy atom. The van der Waals surface area contributed by atoms with E-state index >= 15 is 0 Å². The van der Waals surface area contributed by atoms with Crippen molar-refractivity contribution in [3.8, 4) is 0 Å². The first kappa shape index (κ1) is 10.3. The van der Waals surface area contributed by atoms with Crippen molar-refractivity contribution in [1.82, 2.24) is 0 Å². The summed E-state index contributed by atoms with van der Waals surface area (Å²) in [5.74, 6) is 0. The van der Waals surface area contributed by atoms with E-state index < -0.39 is 0 Å². The number of rotatable bonds is 2. The molecule has 0 spiro atoms. The third kappa shape index (κ3) is 2.92. The molecule has 0 heterocycles. The molecular weight excluding hydrogens is 303 g/mol. The highest BCUT2D eigenvalue weighted by atomic mass is 79.9. The van der Waals surface area contributed by atoms with Crippen molar-refractivity contribution in [2.24, 2.45) is 0 Å². The fraction of sp³-hybridized carbons (Fsp3) is 0.111. The SMILES string of the molecule is Clc1ccc(C=CCBr)cc1Br. The number of alkyl halides is 1. The summed E-state index contributed by atoms with van der Waals surface area (Å²) in [6.45, 7) is 0. The van der Waals surface area contributed by atoms with Gasteiger partial charge in [0.1, 0.15) is 0 Å². The van der Waals surface area contributed by atoms with E-state index in [2.05, 4.69) is 31.9 Å². The second-order valence-electron chi connectivity index (χ2n) is 2.23. The third-order valence-electron chi connectivity index (χ3n) is 1.34. The van der Waals surface area contributed by atoms with Gasteiger partial charge in [0.15, 0.2) is 0 Å². The first-order valence-corrected chi connectivity index (χ1v) is 5.71. The zero-order chi connectivity index (χ0) is 8.97. The number of allylic oxidation sites excluding steroid dienone is 1. The summed E-state index contributed by atoms with van der Waals surface area (Å²) >= 11 is 12.5. The Morgan fingerprint density at radius 3 is 2.75 bits per heavy atom. The minimum atomic E-state index is 0.742. The Morgan fingerprint density at radius 1 is 1.42 bits per heavy atom. The highest BCUT2D eigenvalue weighted by molar-refractivity contribution is 9.10. The second kappa shape index (κ2) is 5.05. The fourth-order valence-corrected chi connectivity index (χ4v) is 1.50. The highest BCUT2D eigenvalue weighted by Crippen LogP contribution is 2.23. The molecule has 12 heavy (non-hydrogen) atoms. The van der Waals surface area contributed by atoms with Gasteiger partial charge < -0.3 is 0 Å². The lowest BCUT2D eigenvalue weighted by atomic mass is 10.2. The molecule has 0 aromatic heterocycles. The lowest BCUT2D eigenvalue weighted by Gasteiger charge is -1.96. The van der Waals surface area contributed by atoms with Gasteiger partial charge in [-0.2, -0.15) is 0 Å². The Hall–Kier alpha value is 0.210. The maximum atomic E-state index is 5.83. The summed E-state index contributed by atoms with van der Waals surface area (Å²) in [7, 11) is 0. The van der Waals surface area contributed by atoms with Gasteiger partial charge in [0.2, 0.25) is 0 Å². The molecule has 0 nitrogen and oxygen atoms in total. The molecule has 0 aliphatic rings. The van der Waals surface area contributed by atoms with E-state index in [0.717, 1.165) is 20.4 Å². The van der Waals surface area contributed by atoms with Crippen LogP contribution in [0.4, 0.5) is 0 Å². The second-order valence-corrected chi connectivity index (χ2v) is 4.14. The molecule has 0 saturated heterocycles. The molecule has 0 atom stereocenters. The summed E-state index contributed by atoms with van der Waals surface area (Å²) in [5, 5.41) is 1.61. The number of hydrogen-bond acceptors (Lipinski definition) is 0. The first-order valence-electron chi connectivity index (χ1n) is 3.41. The van der Waals surface area contributed by atoms with Crippen molar-refractivity contribution in [1.29, 1.82) is 0 Å². The molecule has 1 rings (SSSR count). The van der Waals surface area contributed by atoms with Crippen LogP contribution < -0.4 is 0 Å². The highest BCUT2D eigenvalue weighted by Gasteiger charge is 1.95. The fourth-order valence-electron chi connectivity index (χ4n) is 0.797. The summed E-state index contributed by atoms with van der Waals surface area (Å²) in [5.41, 5.74) is 1.14. The molecule has 0 aliphatic heterocycles. The van der Waals surface area contributed by atoms with Gasteiger partial charge >= 0.3 is 0 Å². The molecule has 0 unspecified atom stereocenters. The van der Waals surface area contributed by atoms with Crippen LogP contribution in [0.15, 0.2) is 28.7 Å². The van der Waals surface area contributed by atoms with Gasteiger partial charge in [-0.3, -0.25) is 0 Å². The Balaban J connectivity index is 2.89. The third-order valence-corrected chi connectivity index (χ3v) is 2.93. The predicted octanol–water partition coefficient (Wildman–Crippen LogP) is 4.51. The van der Waals surface area contributed by atoms with Crippen LogP contribution in [0.3, 0.4) is 0 Å². The molecule has 0 aliphatic carbocycles. The molecule has 0 N–H and O–H groups in total. The summed E-state index contributed by atoms with van der Waals surface area (Å²) in [6.07, 6.45) is 4.07. The van der Waals surface area contributed by atoms with Crippen molar-refractivity contribution in [3.05, 3.63) is 39.3 Å². The van der Waals surface area contributed by atoms with Crippen molar-refractivity contribution < 1.29 is 0 Å². The van der Waals surface area contributed by atoms with E-state index in [1.165, 1.54) is 0 Å². The maximum Gasteiger partial charge on any atom is 0.0548 e. The number of benzene rings is 1. The van der Waals surface area contributed by atoms with E-state index in [1.54, 1.807) is 0 Å². The van der Waals surface area contributed by atoms with Crippen LogP contribution in [0.1, 0.15) is 5.56 Å². The van der Waals surface area contributed by atoms with E-state index in [9.17, 15) is 0 Å². The Labute approximate surface area is 93.9 Å². The smallest absolute Gasteiger partial charge is 0.0548 e. The van der Waals surface area contributed by atoms with Crippen molar-refractivity contribution in [2.45, 2.75) is 0 Å². The van der Waals surface area contributed by atoms with Gasteiger partial charge in [-0.15, -0.1) is 0 Å². The van der Waals surface area contributed by atoms with Gasteiger partial charge in [0.05, 0.1) is 5.02 Å². The average Bonchev–Trinajstić information content (AvgIpc) is 2.07. The lowest BCUT2D eigenvalue weighted by Crippen LogP contribution is -1.73. The Kier molecular flexibility index (Phi) is 4.33. The van der Waals surface area contributed by atoms with E-state index in [0.29, 0.717) is 0 Å². The number of halogens is 3. The molecule has 64 valence electrons. The molecule has 3 heteroatoms. The van der Waals surface area contributed by atoms with Gasteiger partial charge in [0, 0.05) is 9.80 Å². The van der Waals surface area contributed by atoms with Crippen molar-refractivity contribution in [2.75, 3.05) is 5.33 Å². The molecule has 1 aromatic carbocycles. The minimum Gasteiger partial charge on any atom is -0.0883 e. The normalized spacial score (nSPS) is 10.9. The molecular formula is C9H7Br2Cl. The van der Waals surface area contributed by atoms with Crippen LogP contribution in [0.5, 0.6) is 0 Å². The maximum absolute atomic E-state index is 5.83. The molecule has 0 amide bonds. The lowest BCUT2D eigenvalue weighted by molar-refractivity contribution is 1.60. The zero-order valence-corrected chi connectivity index (χ0v) is 10.2. The molecule has 0 bridgehead atoms. The van der Waals surface area contributed by atoms with Crippen LogP contribution >= 0.6 is 43.5 Å². The zero-order valence-electron chi connectivity index (χ0n) is 6.23. The van der Waals surface area contributed by atoms with Gasteiger partial charge in [-0.25, -0.2) is 0 Å². The van der Waals surface area contributed by atoms with Gasteiger partial charge in [-0.05, 0) is 33.6 Å². The van der Waals surface area contributed by atoms with Crippen LogP contribution in [0.25, 0.3) is 6.08 Å². The minimum absolute atomic E-state index is 0.742. The number of hydrogen-bond donors (Lipinski definition) is 0. The van der Waals surface area contributed by atoms with Crippen LogP contribution in [-0.2, 0) is 0 Å². The largest absolute Gasteiger partial charge is 0.0883 e. The van der Waals surface area contributed by atoms with Crippen LogP contribution in [-0.4, -0.2) is 5.33 Å². The van der Waals surface area contributed by atoms with Crippen LogP contribution in [0, 0.1) is 0 Å². The van der Waals surface area contributed by atoms with Gasteiger partial charge in [0.25, 0.3) is 0 Å². The van der Waals surface area contributed by atoms with Gasteiger partial charge in [-0.1, -0.05) is 45.7 Å². The molecule has 0 saturated carbocycles. The van der Waals surface area contributed by atoms with E-state index in [-0.39, 0.29) is 0 Å². The van der Waals surface area contributed by atoms with E-state index in [1.807, 2.05) is 30.4 Å². The average molecular weight is 310 g/mol. The van der Waals surface area contributed by atoms with Crippen molar-refractivity contribution >= 4 is 49.5 Å². The molecule has 0 radical (unpaired) electrons. The predicted molar refractivity (Wildman–Crippen MR) is 62.0 cm³/mol. The standard InChI is InChI=1S/C9H7Br2Cl/c10-5-1-2-7-3-4-9(12)8(11)6-7/h1-4,6H,5H2. The first-order chi connectivity index (χ1) is 5.74. The summed E-state index contributed by atoms with van der Waals surface area (Å²) < 4.78 is 0.931. The summed E-state index contributed by atoms with van der Waals surface area (Å²) in [6, 6.07) is 5.84. The Bertz CT molecular complexity index is 295. The molecule has 0 fully saturated rings.